The fourth-order valence-corrected chi connectivity index (χ4v) is 9.56. The highest BCUT2D eigenvalue weighted by Crippen LogP contribution is 2.51. The molecule has 0 heteroatoms. The van der Waals surface area contributed by atoms with Gasteiger partial charge < -0.3 is 0 Å². The Morgan fingerprint density at radius 2 is 0.754 bits per heavy atom. The van der Waals surface area contributed by atoms with Crippen LogP contribution in [0.2, 0.25) is 0 Å². The minimum atomic E-state index is -0.0470. The van der Waals surface area contributed by atoms with Crippen molar-refractivity contribution < 1.29 is 0 Å². The second-order valence-electron chi connectivity index (χ2n) is 16.1. The van der Waals surface area contributed by atoms with Gasteiger partial charge in [-0.15, -0.1) is 0 Å². The molecule has 0 aromatic heterocycles. The molecule has 0 aliphatic heterocycles. The molecule has 0 amide bonds. The Labute approximate surface area is 334 Å². The molecule has 0 nitrogen and oxygen atoms in total. The highest BCUT2D eigenvalue weighted by Gasteiger charge is 2.35. The van der Waals surface area contributed by atoms with Gasteiger partial charge in [-0.05, 0) is 134 Å². The Bertz CT molecular complexity index is 3180. The molecule has 1 aliphatic rings. The summed E-state index contributed by atoms with van der Waals surface area (Å²) >= 11 is 0. The van der Waals surface area contributed by atoms with Crippen molar-refractivity contribution in [2.24, 2.45) is 0 Å². The lowest BCUT2D eigenvalue weighted by molar-refractivity contribution is 0.660. The van der Waals surface area contributed by atoms with E-state index in [1.807, 2.05) is 0 Å². The fraction of sp³-hybridized carbons (Fsp3) is 0.0526. The molecule has 1 aliphatic carbocycles. The van der Waals surface area contributed by atoms with E-state index in [0.29, 0.717) is 0 Å². The summed E-state index contributed by atoms with van der Waals surface area (Å²) in [6.45, 7) is 4.72. The Morgan fingerprint density at radius 3 is 1.56 bits per heavy atom. The fourth-order valence-electron chi connectivity index (χ4n) is 9.56. The first kappa shape index (κ1) is 33.3. The zero-order valence-corrected chi connectivity index (χ0v) is 32.1. The zero-order chi connectivity index (χ0) is 38.1. The third-order valence-electron chi connectivity index (χ3n) is 12.5. The van der Waals surface area contributed by atoms with E-state index in [9.17, 15) is 0 Å². The molecule has 0 atom stereocenters. The molecule has 0 spiro atoms. The maximum atomic E-state index is 2.46. The summed E-state index contributed by atoms with van der Waals surface area (Å²) < 4.78 is 0. The van der Waals surface area contributed by atoms with Gasteiger partial charge in [0.15, 0.2) is 0 Å². The molecule has 0 bridgehead atoms. The third-order valence-corrected chi connectivity index (χ3v) is 12.5. The third kappa shape index (κ3) is 5.44. The lowest BCUT2D eigenvalue weighted by Crippen LogP contribution is -2.14. The second-order valence-corrected chi connectivity index (χ2v) is 16.1. The smallest absolute Gasteiger partial charge is 0.0158 e. The van der Waals surface area contributed by atoms with E-state index >= 15 is 0 Å². The van der Waals surface area contributed by atoms with Crippen molar-refractivity contribution in [3.63, 3.8) is 0 Å². The molecule has 0 saturated carbocycles. The van der Waals surface area contributed by atoms with Gasteiger partial charge in [-0.3, -0.25) is 0 Å². The van der Waals surface area contributed by atoms with E-state index in [0.717, 1.165) is 0 Å². The molecule has 0 unspecified atom stereocenters. The Morgan fingerprint density at radius 1 is 0.263 bits per heavy atom. The van der Waals surface area contributed by atoms with E-state index in [4.69, 9.17) is 0 Å². The van der Waals surface area contributed by atoms with Crippen LogP contribution in [0.4, 0.5) is 0 Å². The summed E-state index contributed by atoms with van der Waals surface area (Å²) in [6, 6.07) is 76.6. The van der Waals surface area contributed by atoms with Crippen LogP contribution in [0.25, 0.3) is 99.1 Å². The highest BCUT2D eigenvalue weighted by atomic mass is 14.4. The van der Waals surface area contributed by atoms with Gasteiger partial charge >= 0.3 is 0 Å². The molecule has 10 aromatic carbocycles. The number of hydrogen-bond donors (Lipinski definition) is 0. The van der Waals surface area contributed by atoms with E-state index in [1.54, 1.807) is 0 Å². The predicted molar refractivity (Wildman–Crippen MR) is 244 cm³/mol. The van der Waals surface area contributed by atoms with Crippen LogP contribution in [0.5, 0.6) is 0 Å². The van der Waals surface area contributed by atoms with Gasteiger partial charge in [0.1, 0.15) is 0 Å². The predicted octanol–water partition coefficient (Wildman–Crippen LogP) is 15.8. The van der Waals surface area contributed by atoms with Crippen LogP contribution in [0.1, 0.15) is 25.0 Å². The Hall–Kier alpha value is -7.02. The normalized spacial score (nSPS) is 12.9. The molecule has 0 N–H and O–H groups in total. The molecule has 0 heterocycles. The molecule has 0 saturated heterocycles. The molecule has 0 fully saturated rings. The average molecular weight is 725 g/mol. The Balaban J connectivity index is 1.15. The van der Waals surface area contributed by atoms with Crippen molar-refractivity contribution >= 4 is 32.3 Å². The summed E-state index contributed by atoms with van der Waals surface area (Å²) in [6.07, 6.45) is 0. The van der Waals surface area contributed by atoms with Crippen LogP contribution in [0.3, 0.4) is 0 Å². The molecule has 11 rings (SSSR count). The van der Waals surface area contributed by atoms with Crippen LogP contribution in [-0.2, 0) is 5.41 Å². The van der Waals surface area contributed by atoms with Crippen molar-refractivity contribution in [2.75, 3.05) is 0 Å². The summed E-state index contributed by atoms with van der Waals surface area (Å²) in [5.41, 5.74) is 17.8. The van der Waals surface area contributed by atoms with Gasteiger partial charge in [0, 0.05) is 5.41 Å². The van der Waals surface area contributed by atoms with E-state index in [1.165, 1.54) is 110 Å². The first-order valence-electron chi connectivity index (χ1n) is 20.0. The lowest BCUT2D eigenvalue weighted by Gasteiger charge is -2.22. The summed E-state index contributed by atoms with van der Waals surface area (Å²) in [7, 11) is 0. The van der Waals surface area contributed by atoms with Crippen LogP contribution < -0.4 is 0 Å². The monoisotopic (exact) mass is 724 g/mol. The zero-order valence-electron chi connectivity index (χ0n) is 32.1. The average Bonchev–Trinajstić information content (AvgIpc) is 3.50. The van der Waals surface area contributed by atoms with Gasteiger partial charge in [-0.2, -0.15) is 0 Å². The number of hydrogen-bond acceptors (Lipinski definition) is 0. The molecule has 0 radical (unpaired) electrons. The lowest BCUT2D eigenvalue weighted by atomic mass is 9.81. The Kier molecular flexibility index (Phi) is 7.63. The minimum absolute atomic E-state index is 0.0470. The van der Waals surface area contributed by atoms with Crippen molar-refractivity contribution in [2.45, 2.75) is 19.3 Å². The maximum absolute atomic E-state index is 2.46. The van der Waals surface area contributed by atoms with Gasteiger partial charge in [-0.1, -0.05) is 196 Å². The van der Waals surface area contributed by atoms with Gasteiger partial charge in [0.2, 0.25) is 0 Å². The summed E-state index contributed by atoms with van der Waals surface area (Å²) in [4.78, 5) is 0. The van der Waals surface area contributed by atoms with E-state index in [-0.39, 0.29) is 5.41 Å². The molecule has 268 valence electrons. The van der Waals surface area contributed by atoms with Crippen LogP contribution >= 0.6 is 0 Å². The number of benzene rings is 10. The van der Waals surface area contributed by atoms with Gasteiger partial charge in [0.25, 0.3) is 0 Å². The van der Waals surface area contributed by atoms with Crippen molar-refractivity contribution in [3.8, 4) is 66.8 Å². The summed E-state index contributed by atoms with van der Waals surface area (Å²) in [5.74, 6) is 0. The number of rotatable bonds is 5. The largest absolute Gasteiger partial charge is 0.0622 e. The minimum Gasteiger partial charge on any atom is -0.0622 e. The van der Waals surface area contributed by atoms with Crippen molar-refractivity contribution in [1.82, 2.24) is 0 Å². The van der Waals surface area contributed by atoms with Gasteiger partial charge in [-0.25, -0.2) is 0 Å². The standard InChI is InChI=1S/C57H40/c1-57(2)53-22-11-10-19-47(53)51-36-46(30-32-54(51)57)56-49-21-9-8-20-48(49)55(50-31-29-44(35-52(50)56)43-28-27-38-15-6-7-16-41(38)33-43)45-18-12-17-42(34-45)40-25-23-39(24-26-40)37-13-4-3-5-14-37/h3-36H,1-2H3. The van der Waals surface area contributed by atoms with Crippen LogP contribution in [-0.4, -0.2) is 0 Å². The maximum Gasteiger partial charge on any atom is 0.0158 e. The van der Waals surface area contributed by atoms with Crippen molar-refractivity contribution in [1.29, 1.82) is 0 Å². The quantitative estimate of drug-likeness (QED) is 0.155. The molecular formula is C57H40. The highest BCUT2D eigenvalue weighted by molar-refractivity contribution is 6.22. The SMILES string of the molecule is CC1(C)c2ccccc2-c2cc(-c3c4ccccc4c(-c4cccc(-c5ccc(-c6ccccc6)cc5)c4)c4ccc(-c5ccc6ccccc6c5)cc34)ccc21. The van der Waals surface area contributed by atoms with Gasteiger partial charge in [0.05, 0.1) is 0 Å². The van der Waals surface area contributed by atoms with E-state index in [2.05, 4.69) is 220 Å². The molecular weight excluding hydrogens is 685 g/mol. The first-order chi connectivity index (χ1) is 28.0. The van der Waals surface area contributed by atoms with E-state index < -0.39 is 0 Å². The topological polar surface area (TPSA) is 0 Å². The number of fused-ring (bicyclic) bond motifs is 6. The molecule has 57 heavy (non-hydrogen) atoms. The van der Waals surface area contributed by atoms with Crippen molar-refractivity contribution in [3.05, 3.63) is 217 Å². The van der Waals surface area contributed by atoms with Crippen LogP contribution in [0, 0.1) is 0 Å². The van der Waals surface area contributed by atoms with Crippen LogP contribution in [0.15, 0.2) is 206 Å². The summed E-state index contributed by atoms with van der Waals surface area (Å²) in [5, 5.41) is 7.55. The first-order valence-corrected chi connectivity index (χ1v) is 20.0. The molecule has 10 aromatic rings. The second kappa shape index (κ2) is 13.0.